The molecular weight excluding hydrogens is 490 g/mol. The van der Waals surface area contributed by atoms with E-state index in [4.69, 9.17) is 4.74 Å². The van der Waals surface area contributed by atoms with Crippen molar-refractivity contribution in [3.63, 3.8) is 0 Å². The van der Waals surface area contributed by atoms with Crippen LogP contribution in [0.2, 0.25) is 0 Å². The van der Waals surface area contributed by atoms with E-state index in [0.29, 0.717) is 30.3 Å². The molecule has 3 aromatic carbocycles. The van der Waals surface area contributed by atoms with Gasteiger partial charge in [0.2, 0.25) is 11.8 Å². The highest BCUT2D eigenvalue weighted by Crippen LogP contribution is 2.36. The monoisotopic (exact) mass is 525 g/mol. The lowest BCUT2D eigenvalue weighted by Crippen LogP contribution is -2.50. The number of cyclic esters (lactones) is 1. The third-order valence-corrected chi connectivity index (χ3v) is 7.61. The molecule has 7 nitrogen and oxygen atoms in total. The number of nitrogens with zero attached hydrogens (tertiary/aromatic N) is 2. The van der Waals surface area contributed by atoms with Crippen LogP contribution in [0.5, 0.6) is 0 Å². The first-order valence-electron chi connectivity index (χ1n) is 13.6. The molecule has 2 heterocycles. The second-order valence-corrected chi connectivity index (χ2v) is 10.7. The van der Waals surface area contributed by atoms with Crippen LogP contribution in [0, 0.1) is 12.8 Å². The molecule has 2 aliphatic heterocycles. The first-order valence-corrected chi connectivity index (χ1v) is 13.6. The minimum Gasteiger partial charge on any atom is -0.438 e. The molecule has 0 aromatic heterocycles. The summed E-state index contributed by atoms with van der Waals surface area (Å²) in [6.07, 6.45) is 0.850. The van der Waals surface area contributed by atoms with E-state index < -0.39 is 18.2 Å². The molecule has 2 atom stereocenters. The van der Waals surface area contributed by atoms with Crippen molar-refractivity contribution in [1.29, 1.82) is 0 Å². The summed E-state index contributed by atoms with van der Waals surface area (Å²) in [7, 11) is 0. The molecule has 0 unspecified atom stereocenters. The zero-order valence-electron chi connectivity index (χ0n) is 22.5. The number of hydrogen-bond donors (Lipinski definition) is 1. The Morgan fingerprint density at radius 3 is 2.36 bits per heavy atom. The van der Waals surface area contributed by atoms with Gasteiger partial charge in [0.05, 0.1) is 13.0 Å². The second kappa shape index (κ2) is 11.7. The number of hydrogen-bond acceptors (Lipinski definition) is 4. The summed E-state index contributed by atoms with van der Waals surface area (Å²) < 4.78 is 5.88. The van der Waals surface area contributed by atoms with Crippen molar-refractivity contribution in [3.8, 4) is 0 Å². The number of carbonyl (C=O) groups is 3. The topological polar surface area (TPSA) is 79.0 Å². The molecule has 2 aliphatic rings. The van der Waals surface area contributed by atoms with E-state index in [1.165, 1.54) is 0 Å². The van der Waals surface area contributed by atoms with Crippen LogP contribution >= 0.6 is 0 Å². The van der Waals surface area contributed by atoms with Crippen LogP contribution in [0.25, 0.3) is 0 Å². The third kappa shape index (κ3) is 6.30. The van der Waals surface area contributed by atoms with Gasteiger partial charge in [0, 0.05) is 18.8 Å². The molecule has 2 saturated heterocycles. The lowest BCUT2D eigenvalue weighted by atomic mass is 9.96. The van der Waals surface area contributed by atoms with Crippen LogP contribution < -0.4 is 5.32 Å². The Hall–Kier alpha value is -4.13. The highest BCUT2D eigenvalue weighted by Gasteiger charge is 2.48. The maximum absolute atomic E-state index is 13.9. The van der Waals surface area contributed by atoms with Crippen molar-refractivity contribution in [2.45, 2.75) is 51.8 Å². The number of rotatable bonds is 7. The lowest BCUT2D eigenvalue weighted by Gasteiger charge is -2.34. The number of benzene rings is 3. The van der Waals surface area contributed by atoms with Gasteiger partial charge in [-0.2, -0.15) is 0 Å². The van der Waals surface area contributed by atoms with Gasteiger partial charge in [0.15, 0.2) is 12.1 Å². The largest absolute Gasteiger partial charge is 0.438 e. The smallest absolute Gasteiger partial charge is 0.411 e. The number of anilines is 1. The molecule has 202 valence electrons. The van der Waals surface area contributed by atoms with Crippen LogP contribution in [-0.4, -0.2) is 46.8 Å². The Balaban J connectivity index is 1.39. The zero-order valence-corrected chi connectivity index (χ0v) is 22.5. The third-order valence-electron chi connectivity index (χ3n) is 7.61. The summed E-state index contributed by atoms with van der Waals surface area (Å²) in [6, 6.07) is 24.0. The van der Waals surface area contributed by atoms with Gasteiger partial charge in [-0.3, -0.25) is 14.5 Å². The van der Waals surface area contributed by atoms with Crippen molar-refractivity contribution >= 4 is 23.6 Å². The van der Waals surface area contributed by atoms with Gasteiger partial charge in [-0.15, -0.1) is 0 Å². The maximum atomic E-state index is 13.9. The summed E-state index contributed by atoms with van der Waals surface area (Å²) in [5, 5.41) is 2.95. The predicted octanol–water partition coefficient (Wildman–Crippen LogP) is 5.50. The van der Waals surface area contributed by atoms with Crippen molar-refractivity contribution in [3.05, 3.63) is 101 Å². The highest BCUT2D eigenvalue weighted by atomic mass is 16.6. The van der Waals surface area contributed by atoms with Crippen LogP contribution in [-0.2, 0) is 27.3 Å². The van der Waals surface area contributed by atoms with Gasteiger partial charge in [0.1, 0.15) is 0 Å². The molecular formula is C32H35N3O4. The Labute approximate surface area is 229 Å². The lowest BCUT2D eigenvalue weighted by molar-refractivity contribution is -0.138. The average Bonchev–Trinajstić information content (AvgIpc) is 3.26. The first kappa shape index (κ1) is 26.5. The normalized spacial score (nSPS) is 19.6. The zero-order chi connectivity index (χ0) is 27.4. The molecule has 0 aliphatic carbocycles. The molecule has 5 rings (SSSR count). The van der Waals surface area contributed by atoms with Crippen molar-refractivity contribution in [2.75, 3.05) is 18.4 Å². The van der Waals surface area contributed by atoms with Gasteiger partial charge < -0.3 is 15.0 Å². The summed E-state index contributed by atoms with van der Waals surface area (Å²) in [6.45, 7) is 5.84. The summed E-state index contributed by atoms with van der Waals surface area (Å²) in [5.74, 6) is 0.340. The fraction of sp³-hybridized carbons (Fsp3) is 0.344. The molecule has 2 fully saturated rings. The van der Waals surface area contributed by atoms with Crippen molar-refractivity contribution in [1.82, 2.24) is 9.80 Å². The summed E-state index contributed by atoms with van der Waals surface area (Å²) in [4.78, 5) is 43.3. The number of ether oxygens (including phenoxy) is 1. The van der Waals surface area contributed by atoms with Crippen molar-refractivity contribution < 1.29 is 19.1 Å². The SMILES string of the molecule is Cc1ccc(CN2C(=O)O[C@H](c3cccc(NC(=O)Cc4ccccc4)c3)[C@@H]2C(=O)N2CCC(C)CC2)cc1. The Bertz CT molecular complexity index is 1320. The number of likely N-dealkylation sites (tertiary alicyclic amines) is 1. The highest BCUT2D eigenvalue weighted by molar-refractivity contribution is 5.92. The van der Waals surface area contributed by atoms with E-state index in [1.54, 1.807) is 17.0 Å². The molecule has 7 heteroatoms. The van der Waals surface area contributed by atoms with E-state index in [0.717, 1.165) is 29.5 Å². The molecule has 3 amide bonds. The molecule has 0 spiro atoms. The number of amides is 3. The minimum atomic E-state index is -0.789. The number of aryl methyl sites for hydroxylation is 1. The molecule has 0 radical (unpaired) electrons. The maximum Gasteiger partial charge on any atom is 0.411 e. The summed E-state index contributed by atoms with van der Waals surface area (Å²) >= 11 is 0. The molecule has 0 saturated carbocycles. The molecule has 3 aromatic rings. The van der Waals surface area contributed by atoms with E-state index >= 15 is 0 Å². The standard InChI is InChI=1S/C32H35N3O4/c1-22-11-13-25(14-12-22)21-35-29(31(37)34-17-15-23(2)16-18-34)30(39-32(35)38)26-9-6-10-27(20-26)33-28(36)19-24-7-4-3-5-8-24/h3-14,20,23,29-30H,15-19,21H2,1-2H3,(H,33,36)/t29-,30-/m1/s1. The van der Waals surface area contributed by atoms with Crippen LogP contribution in [0.15, 0.2) is 78.9 Å². The van der Waals surface area contributed by atoms with Gasteiger partial charge in [0.25, 0.3) is 0 Å². The fourth-order valence-corrected chi connectivity index (χ4v) is 5.28. The number of piperidine rings is 1. The Kier molecular flexibility index (Phi) is 7.96. The number of carbonyl (C=O) groups excluding carboxylic acids is 3. The molecule has 0 bridgehead atoms. The Morgan fingerprint density at radius 2 is 1.64 bits per heavy atom. The molecule has 39 heavy (non-hydrogen) atoms. The van der Waals surface area contributed by atoms with Crippen molar-refractivity contribution in [2.24, 2.45) is 5.92 Å². The van der Waals surface area contributed by atoms with E-state index in [2.05, 4.69) is 12.2 Å². The quantitative estimate of drug-likeness (QED) is 0.442. The number of nitrogens with one attached hydrogen (secondary N) is 1. The Morgan fingerprint density at radius 1 is 0.923 bits per heavy atom. The minimum absolute atomic E-state index is 0.0941. The van der Waals surface area contributed by atoms with Crippen LogP contribution in [0.4, 0.5) is 10.5 Å². The van der Waals surface area contributed by atoms with Gasteiger partial charge in [-0.05, 0) is 54.5 Å². The fourth-order valence-electron chi connectivity index (χ4n) is 5.28. The van der Waals surface area contributed by atoms with E-state index in [1.807, 2.05) is 78.6 Å². The van der Waals surface area contributed by atoms with Crippen LogP contribution in [0.3, 0.4) is 0 Å². The second-order valence-electron chi connectivity index (χ2n) is 10.7. The predicted molar refractivity (Wildman–Crippen MR) is 150 cm³/mol. The van der Waals surface area contributed by atoms with E-state index in [-0.39, 0.29) is 24.8 Å². The summed E-state index contributed by atoms with van der Waals surface area (Å²) in [5.41, 5.74) is 4.26. The van der Waals surface area contributed by atoms with Gasteiger partial charge in [-0.1, -0.05) is 79.2 Å². The van der Waals surface area contributed by atoms with Gasteiger partial charge >= 0.3 is 6.09 Å². The first-order chi connectivity index (χ1) is 18.9. The van der Waals surface area contributed by atoms with E-state index in [9.17, 15) is 14.4 Å². The van der Waals surface area contributed by atoms with Crippen LogP contribution in [0.1, 0.15) is 48.1 Å². The van der Waals surface area contributed by atoms with Gasteiger partial charge in [-0.25, -0.2) is 4.79 Å². The molecule has 1 N–H and O–H groups in total. The average molecular weight is 526 g/mol.